The zero-order valence-corrected chi connectivity index (χ0v) is 9.95. The molecule has 1 atom stereocenters. The molecular weight excluding hydrogens is 200 g/mol. The third-order valence-electron chi connectivity index (χ3n) is 3.87. The first kappa shape index (κ1) is 10.3. The predicted molar refractivity (Wildman–Crippen MR) is 62.1 cm³/mol. The zero-order chi connectivity index (χ0) is 11.0. The third kappa shape index (κ3) is 1.75. The van der Waals surface area contributed by atoms with Crippen LogP contribution < -0.4 is 5.32 Å². The number of hydrogen-bond acceptors (Lipinski definition) is 3. The molecule has 0 amide bonds. The minimum Gasteiger partial charge on any atom is -0.314 e. The lowest BCUT2D eigenvalue weighted by atomic mass is 9.92. The van der Waals surface area contributed by atoms with E-state index in [1.807, 2.05) is 0 Å². The molecule has 1 unspecified atom stereocenters. The molecule has 2 aliphatic rings. The van der Waals surface area contributed by atoms with Crippen LogP contribution in [0.15, 0.2) is 0 Å². The number of aryl methyl sites for hydroxylation is 1. The summed E-state index contributed by atoms with van der Waals surface area (Å²) in [6, 6.07) is 1.07. The van der Waals surface area contributed by atoms with E-state index >= 15 is 0 Å². The Balaban J connectivity index is 1.74. The first-order valence-electron chi connectivity index (χ1n) is 6.52. The summed E-state index contributed by atoms with van der Waals surface area (Å²) < 4.78 is 2.32. The molecule has 2 heterocycles. The van der Waals surface area contributed by atoms with Crippen LogP contribution in [-0.2, 0) is 13.0 Å². The maximum absolute atomic E-state index is 4.36. The maximum atomic E-state index is 4.36. The summed E-state index contributed by atoms with van der Waals surface area (Å²) in [7, 11) is 0. The van der Waals surface area contributed by atoms with Crippen molar-refractivity contribution in [2.45, 2.75) is 64.1 Å². The van der Waals surface area contributed by atoms with Crippen molar-refractivity contribution < 1.29 is 0 Å². The highest BCUT2D eigenvalue weighted by Gasteiger charge is 2.24. The molecule has 1 aromatic rings. The summed E-state index contributed by atoms with van der Waals surface area (Å²) in [5.74, 6) is 2.32. The molecule has 1 N–H and O–H groups in total. The quantitative estimate of drug-likeness (QED) is 0.845. The Bertz CT molecular complexity index is 367. The van der Waals surface area contributed by atoms with Crippen LogP contribution in [-0.4, -0.2) is 20.8 Å². The van der Waals surface area contributed by atoms with Gasteiger partial charge in [0.2, 0.25) is 0 Å². The Kier molecular flexibility index (Phi) is 2.67. The number of aromatic nitrogens is 3. The summed E-state index contributed by atoms with van der Waals surface area (Å²) in [6.45, 7) is 3.32. The number of nitrogens with zero attached hydrogens (tertiary/aromatic N) is 3. The van der Waals surface area contributed by atoms with E-state index in [1.165, 1.54) is 37.9 Å². The lowest BCUT2D eigenvalue weighted by Crippen LogP contribution is -2.38. The summed E-state index contributed by atoms with van der Waals surface area (Å²) in [5.41, 5.74) is 0. The molecule has 1 fully saturated rings. The van der Waals surface area contributed by atoms with Gasteiger partial charge in [0.15, 0.2) is 0 Å². The molecule has 0 saturated heterocycles. The lowest BCUT2D eigenvalue weighted by Gasteiger charge is -2.30. The second-order valence-electron chi connectivity index (χ2n) is 5.10. The molecule has 1 aliphatic carbocycles. The predicted octanol–water partition coefficient (Wildman–Crippen LogP) is 1.82. The molecule has 0 spiro atoms. The van der Waals surface area contributed by atoms with Crippen LogP contribution in [0.3, 0.4) is 0 Å². The average Bonchev–Trinajstić information content (AvgIpc) is 2.67. The molecular formula is C12H20N4. The zero-order valence-electron chi connectivity index (χ0n) is 9.95. The fourth-order valence-corrected chi connectivity index (χ4v) is 2.65. The van der Waals surface area contributed by atoms with Crippen LogP contribution in [0.25, 0.3) is 0 Å². The van der Waals surface area contributed by atoms with Crippen LogP contribution in [0, 0.1) is 0 Å². The topological polar surface area (TPSA) is 42.7 Å². The number of rotatable bonds is 3. The number of hydrogen-bond donors (Lipinski definition) is 1. The Morgan fingerprint density at radius 3 is 2.88 bits per heavy atom. The van der Waals surface area contributed by atoms with Gasteiger partial charge in [0.25, 0.3) is 0 Å². The highest BCUT2D eigenvalue weighted by Crippen LogP contribution is 2.23. The standard InChI is InChI=1S/C12H20N4/c1-9(13-10-5-4-6-10)12-15-14-11-7-2-3-8-16(11)12/h9-10,13H,2-8H2,1H3. The van der Waals surface area contributed by atoms with Crippen molar-refractivity contribution in [1.29, 1.82) is 0 Å². The number of nitrogens with one attached hydrogen (secondary N) is 1. The molecule has 1 aliphatic heterocycles. The summed E-state index contributed by atoms with van der Waals surface area (Å²) in [4.78, 5) is 0. The smallest absolute Gasteiger partial charge is 0.149 e. The van der Waals surface area contributed by atoms with Gasteiger partial charge in [-0.05, 0) is 32.6 Å². The van der Waals surface area contributed by atoms with Crippen LogP contribution in [0.4, 0.5) is 0 Å². The molecule has 88 valence electrons. The van der Waals surface area contributed by atoms with Gasteiger partial charge in [0, 0.05) is 19.0 Å². The molecule has 0 radical (unpaired) electrons. The van der Waals surface area contributed by atoms with Crippen LogP contribution >= 0.6 is 0 Å². The maximum Gasteiger partial charge on any atom is 0.149 e. The van der Waals surface area contributed by atoms with Crippen molar-refractivity contribution in [2.24, 2.45) is 0 Å². The minimum absolute atomic E-state index is 0.352. The van der Waals surface area contributed by atoms with Crippen LogP contribution in [0.1, 0.15) is 56.7 Å². The van der Waals surface area contributed by atoms with Gasteiger partial charge in [0.1, 0.15) is 11.6 Å². The highest BCUT2D eigenvalue weighted by molar-refractivity contribution is 5.03. The van der Waals surface area contributed by atoms with E-state index in [4.69, 9.17) is 0 Å². The minimum atomic E-state index is 0.352. The van der Waals surface area contributed by atoms with E-state index in [0.717, 1.165) is 18.8 Å². The van der Waals surface area contributed by atoms with Crippen molar-refractivity contribution >= 4 is 0 Å². The van der Waals surface area contributed by atoms with Crippen molar-refractivity contribution in [3.8, 4) is 0 Å². The summed E-state index contributed by atoms with van der Waals surface area (Å²) in [6.07, 6.45) is 7.67. The molecule has 1 saturated carbocycles. The molecule has 0 bridgehead atoms. The fraction of sp³-hybridized carbons (Fsp3) is 0.833. The van der Waals surface area contributed by atoms with Gasteiger partial charge in [-0.1, -0.05) is 6.42 Å². The first-order valence-corrected chi connectivity index (χ1v) is 6.52. The van der Waals surface area contributed by atoms with Gasteiger partial charge in [-0.15, -0.1) is 10.2 Å². The second kappa shape index (κ2) is 4.17. The van der Waals surface area contributed by atoms with Gasteiger partial charge in [0.05, 0.1) is 6.04 Å². The Morgan fingerprint density at radius 2 is 2.12 bits per heavy atom. The number of fused-ring (bicyclic) bond motifs is 1. The fourth-order valence-electron chi connectivity index (χ4n) is 2.65. The normalized spacial score (nSPS) is 22.6. The molecule has 1 aromatic heterocycles. The van der Waals surface area contributed by atoms with Gasteiger partial charge >= 0.3 is 0 Å². The third-order valence-corrected chi connectivity index (χ3v) is 3.87. The van der Waals surface area contributed by atoms with Gasteiger partial charge < -0.3 is 9.88 Å². The van der Waals surface area contributed by atoms with Crippen molar-refractivity contribution in [1.82, 2.24) is 20.1 Å². The van der Waals surface area contributed by atoms with Crippen molar-refractivity contribution in [3.63, 3.8) is 0 Å². The van der Waals surface area contributed by atoms with E-state index in [9.17, 15) is 0 Å². The van der Waals surface area contributed by atoms with E-state index < -0.39 is 0 Å². The Hall–Kier alpha value is -0.900. The van der Waals surface area contributed by atoms with Gasteiger partial charge in [-0.2, -0.15) is 0 Å². The van der Waals surface area contributed by atoms with Gasteiger partial charge in [-0.3, -0.25) is 0 Å². The highest BCUT2D eigenvalue weighted by atomic mass is 15.3. The van der Waals surface area contributed by atoms with E-state index in [1.54, 1.807) is 0 Å². The summed E-state index contributed by atoms with van der Waals surface area (Å²) in [5, 5.41) is 12.3. The monoisotopic (exact) mass is 220 g/mol. The summed E-state index contributed by atoms with van der Waals surface area (Å²) >= 11 is 0. The van der Waals surface area contributed by atoms with Crippen LogP contribution in [0.5, 0.6) is 0 Å². The SMILES string of the molecule is CC(NC1CCC1)c1nnc2n1CCCC2. The first-order chi connectivity index (χ1) is 7.84. The van der Waals surface area contributed by atoms with Crippen molar-refractivity contribution in [3.05, 3.63) is 11.6 Å². The van der Waals surface area contributed by atoms with Gasteiger partial charge in [-0.25, -0.2) is 0 Å². The lowest BCUT2D eigenvalue weighted by molar-refractivity contribution is 0.303. The van der Waals surface area contributed by atoms with E-state index in [0.29, 0.717) is 12.1 Å². The average molecular weight is 220 g/mol. The molecule has 3 rings (SSSR count). The molecule has 4 heteroatoms. The molecule has 4 nitrogen and oxygen atoms in total. The second-order valence-corrected chi connectivity index (χ2v) is 5.10. The van der Waals surface area contributed by atoms with E-state index in [-0.39, 0.29) is 0 Å². The molecule has 0 aromatic carbocycles. The Labute approximate surface area is 96.4 Å². The van der Waals surface area contributed by atoms with Crippen LogP contribution in [0.2, 0.25) is 0 Å². The largest absolute Gasteiger partial charge is 0.314 e. The Morgan fingerprint density at radius 1 is 1.25 bits per heavy atom. The van der Waals surface area contributed by atoms with Crippen molar-refractivity contribution in [2.75, 3.05) is 0 Å². The molecule has 16 heavy (non-hydrogen) atoms. The van der Waals surface area contributed by atoms with E-state index in [2.05, 4.69) is 27.0 Å².